The maximum absolute atomic E-state index is 11.4. The Balaban J connectivity index is 1.57. The Labute approximate surface area is 220 Å². The third-order valence-corrected chi connectivity index (χ3v) is 8.94. The molecule has 0 bridgehead atoms. The number of pyridine rings is 1. The van der Waals surface area contributed by atoms with Crippen LogP contribution in [0.2, 0.25) is 0 Å². The van der Waals surface area contributed by atoms with Gasteiger partial charge in [0.25, 0.3) is 0 Å². The van der Waals surface area contributed by atoms with Gasteiger partial charge in [0.05, 0.1) is 22.2 Å². The molecule has 2 atom stereocenters. The number of aromatic nitrogens is 1. The van der Waals surface area contributed by atoms with Crippen molar-refractivity contribution in [3.8, 4) is 11.1 Å². The number of aldehydes is 1. The second-order valence-electron chi connectivity index (χ2n) is 10.0. The molecule has 0 spiro atoms. The lowest BCUT2D eigenvalue weighted by Gasteiger charge is -2.26. The van der Waals surface area contributed by atoms with Gasteiger partial charge in [-0.2, -0.15) is 5.10 Å². The second kappa shape index (κ2) is 9.00. The molecule has 1 aromatic heterocycles. The van der Waals surface area contributed by atoms with E-state index in [1.807, 2.05) is 6.07 Å². The van der Waals surface area contributed by atoms with Crippen molar-refractivity contribution in [2.75, 3.05) is 0 Å². The molecule has 0 fully saturated rings. The summed E-state index contributed by atoms with van der Waals surface area (Å²) in [5, 5.41) is 10.7. The van der Waals surface area contributed by atoms with Gasteiger partial charge in [-0.25, -0.2) is 4.98 Å². The lowest BCUT2D eigenvalue weighted by molar-refractivity contribution is -0.107. The Bertz CT molecular complexity index is 1740. The van der Waals surface area contributed by atoms with Gasteiger partial charge in [-0.1, -0.05) is 54.6 Å². The van der Waals surface area contributed by atoms with Crippen molar-refractivity contribution < 1.29 is 4.79 Å². The lowest BCUT2D eigenvalue weighted by atomic mass is 9.84. The van der Waals surface area contributed by atoms with E-state index in [0.29, 0.717) is 0 Å². The lowest BCUT2D eigenvalue weighted by Crippen LogP contribution is -2.35. The number of para-hydroxylation sites is 1. The number of hydrogen-bond acceptors (Lipinski definition) is 5. The van der Waals surface area contributed by atoms with Crippen molar-refractivity contribution in [2.45, 2.75) is 43.2 Å². The van der Waals surface area contributed by atoms with Gasteiger partial charge in [-0.3, -0.25) is 5.43 Å². The molecule has 1 aliphatic carbocycles. The summed E-state index contributed by atoms with van der Waals surface area (Å²) in [5.74, 6) is 0. The summed E-state index contributed by atoms with van der Waals surface area (Å²) in [5.41, 5.74) is 11.0. The third kappa shape index (κ3) is 3.72. The van der Waals surface area contributed by atoms with Crippen molar-refractivity contribution in [3.63, 3.8) is 0 Å². The van der Waals surface area contributed by atoms with Crippen LogP contribution in [-0.4, -0.2) is 27.6 Å². The van der Waals surface area contributed by atoms with Gasteiger partial charge in [-0.15, -0.1) is 11.8 Å². The fourth-order valence-electron chi connectivity index (χ4n) is 6.02. The number of nitrogens with one attached hydrogen (secondary N) is 1. The summed E-state index contributed by atoms with van der Waals surface area (Å²) in [4.78, 5) is 16.6. The predicted molar refractivity (Wildman–Crippen MR) is 155 cm³/mol. The molecule has 182 valence electrons. The number of hydrazone groups is 1. The fraction of sp³-hybridized carbons (Fsp3) is 0.219. The molecule has 7 rings (SSSR count). The number of aryl methyl sites for hydroxylation is 2. The number of rotatable bonds is 3. The highest BCUT2D eigenvalue weighted by Crippen LogP contribution is 2.41. The van der Waals surface area contributed by atoms with Crippen molar-refractivity contribution in [2.24, 2.45) is 5.10 Å². The molecule has 5 heteroatoms. The minimum atomic E-state index is -0.337. The van der Waals surface area contributed by atoms with E-state index < -0.39 is 0 Å². The fourth-order valence-corrected chi connectivity index (χ4v) is 6.93. The maximum Gasteiger partial charge on any atom is 0.154 e. The van der Waals surface area contributed by atoms with Crippen LogP contribution in [0.3, 0.4) is 0 Å². The monoisotopic (exact) mass is 501 g/mol. The van der Waals surface area contributed by atoms with Gasteiger partial charge in [0, 0.05) is 10.9 Å². The third-order valence-electron chi connectivity index (χ3n) is 7.80. The summed E-state index contributed by atoms with van der Waals surface area (Å²) in [6, 6.07) is 26.3. The second-order valence-corrected chi connectivity index (χ2v) is 11.5. The first-order valence-electron chi connectivity index (χ1n) is 13.0. The predicted octanol–water partition coefficient (Wildman–Crippen LogP) is 7.04. The van der Waals surface area contributed by atoms with Crippen LogP contribution in [0.1, 0.15) is 36.6 Å². The Morgan fingerprint density at radius 1 is 0.865 bits per heavy atom. The Morgan fingerprint density at radius 2 is 1.65 bits per heavy atom. The first-order valence-corrected chi connectivity index (χ1v) is 14.0. The molecule has 4 aromatic carbocycles. The van der Waals surface area contributed by atoms with Gasteiger partial charge in [0.1, 0.15) is 5.37 Å². The molecule has 4 nitrogen and oxygen atoms in total. The van der Waals surface area contributed by atoms with Crippen molar-refractivity contribution in [1.82, 2.24) is 10.4 Å². The highest BCUT2D eigenvalue weighted by Gasteiger charge is 2.28. The topological polar surface area (TPSA) is 54.4 Å². The standard InChI is InChI=1S/C32H27N3OS/c1-19-31(35-34-30(18-36)37-19)32-28(16-21-9-3-7-13-29(21)33-32)27-17-26-22-10-4-2-8-20(22)14-15-25(26)23-11-5-6-12-24(23)27/h3,5-7,9,11-19,30,34H,2,4,8,10H2,1H3. The number of fused-ring (bicyclic) bond motifs is 6. The summed E-state index contributed by atoms with van der Waals surface area (Å²) in [7, 11) is 0. The van der Waals surface area contributed by atoms with E-state index in [4.69, 9.17) is 10.1 Å². The molecule has 2 aliphatic rings. The van der Waals surface area contributed by atoms with Crippen molar-refractivity contribution in [1.29, 1.82) is 0 Å². The normalized spacial score (nSPS) is 19.4. The molecule has 2 unspecified atom stereocenters. The SMILES string of the molecule is CC1SC(C=O)NN=C1c1nc2ccccc2cc1-c1cc2c3c(ccc2c2ccccc12)CCCC3. The zero-order valence-corrected chi connectivity index (χ0v) is 21.5. The van der Waals surface area contributed by atoms with Crippen molar-refractivity contribution in [3.05, 3.63) is 89.6 Å². The van der Waals surface area contributed by atoms with E-state index in [1.165, 1.54) is 51.1 Å². The zero-order chi connectivity index (χ0) is 24.9. The zero-order valence-electron chi connectivity index (χ0n) is 20.7. The van der Waals surface area contributed by atoms with Gasteiger partial charge >= 0.3 is 0 Å². The van der Waals surface area contributed by atoms with E-state index in [1.54, 1.807) is 11.8 Å². The largest absolute Gasteiger partial charge is 0.300 e. The summed E-state index contributed by atoms with van der Waals surface area (Å²) in [6.45, 7) is 2.11. The van der Waals surface area contributed by atoms with Gasteiger partial charge in [-0.05, 0) is 89.0 Å². The van der Waals surface area contributed by atoms with E-state index in [0.717, 1.165) is 47.0 Å². The van der Waals surface area contributed by atoms with Crippen molar-refractivity contribution >= 4 is 56.2 Å². The van der Waals surface area contributed by atoms with Crippen LogP contribution < -0.4 is 5.43 Å². The van der Waals surface area contributed by atoms with Gasteiger partial charge in [0.2, 0.25) is 0 Å². The van der Waals surface area contributed by atoms with Crippen LogP contribution in [-0.2, 0) is 17.6 Å². The summed E-state index contributed by atoms with van der Waals surface area (Å²) >= 11 is 1.57. The number of hydrogen-bond donors (Lipinski definition) is 1. The smallest absolute Gasteiger partial charge is 0.154 e. The van der Waals surface area contributed by atoms with E-state index in [-0.39, 0.29) is 10.6 Å². The van der Waals surface area contributed by atoms with Crippen LogP contribution in [0.15, 0.2) is 77.9 Å². The first kappa shape index (κ1) is 22.5. The molecular formula is C32H27N3OS. The first-order chi connectivity index (χ1) is 18.2. The number of carbonyl (C=O) groups excluding carboxylic acids is 1. The number of carbonyl (C=O) groups is 1. The molecule has 2 heterocycles. The minimum absolute atomic E-state index is 0.0309. The molecule has 0 amide bonds. The van der Waals surface area contributed by atoms with Crippen LogP contribution >= 0.6 is 11.8 Å². The van der Waals surface area contributed by atoms with E-state index >= 15 is 0 Å². The highest BCUT2D eigenvalue weighted by atomic mass is 32.2. The summed E-state index contributed by atoms with van der Waals surface area (Å²) in [6.07, 6.45) is 5.71. The molecule has 0 radical (unpaired) electrons. The van der Waals surface area contributed by atoms with Gasteiger partial charge < -0.3 is 4.79 Å². The average molecular weight is 502 g/mol. The molecule has 5 aromatic rings. The molecule has 1 N–H and O–H groups in total. The minimum Gasteiger partial charge on any atom is -0.300 e. The number of thioether (sulfide) groups is 1. The van der Waals surface area contributed by atoms with Gasteiger partial charge in [0.15, 0.2) is 6.29 Å². The molecule has 37 heavy (non-hydrogen) atoms. The van der Waals surface area contributed by atoms with Crippen LogP contribution in [0, 0.1) is 0 Å². The van der Waals surface area contributed by atoms with E-state index in [2.05, 4.69) is 79.1 Å². The number of nitrogens with zero attached hydrogens (tertiary/aromatic N) is 2. The molecular weight excluding hydrogens is 474 g/mol. The number of benzene rings is 4. The quantitative estimate of drug-likeness (QED) is 0.213. The summed E-state index contributed by atoms with van der Waals surface area (Å²) < 4.78 is 0. The molecule has 1 aliphatic heterocycles. The Kier molecular flexibility index (Phi) is 5.47. The van der Waals surface area contributed by atoms with Crippen LogP contribution in [0.4, 0.5) is 0 Å². The van der Waals surface area contributed by atoms with E-state index in [9.17, 15) is 4.79 Å². The average Bonchev–Trinajstić information content (AvgIpc) is 2.96. The van der Waals surface area contributed by atoms with Crippen LogP contribution in [0.5, 0.6) is 0 Å². The molecule has 0 saturated carbocycles. The maximum atomic E-state index is 11.4. The van der Waals surface area contributed by atoms with Crippen LogP contribution in [0.25, 0.3) is 43.6 Å². The Hall–Kier alpha value is -3.70. The molecule has 0 saturated heterocycles. The Morgan fingerprint density at radius 3 is 2.51 bits per heavy atom. The highest BCUT2D eigenvalue weighted by molar-refractivity contribution is 8.01.